The lowest BCUT2D eigenvalue weighted by Gasteiger charge is -2.38. The second kappa shape index (κ2) is 13.7. The van der Waals surface area contributed by atoms with Crippen LogP contribution in [0.25, 0.3) is 0 Å². The molecule has 0 bridgehead atoms. The molecule has 9 nitrogen and oxygen atoms in total. The van der Waals surface area contributed by atoms with E-state index in [4.69, 9.17) is 0 Å². The average Bonchev–Trinajstić information content (AvgIpc) is 3.40. The smallest absolute Gasteiger partial charge is 0.265 e. The van der Waals surface area contributed by atoms with Gasteiger partial charge in [0.05, 0.1) is 11.1 Å². The number of aryl methyl sites for hydroxylation is 1. The van der Waals surface area contributed by atoms with Crippen molar-refractivity contribution in [1.82, 2.24) is 15.1 Å². The molecular formula is C42H41FN4O5. The van der Waals surface area contributed by atoms with Crippen molar-refractivity contribution in [2.24, 2.45) is 0 Å². The summed E-state index contributed by atoms with van der Waals surface area (Å²) in [6, 6.07) is 27.4. The van der Waals surface area contributed by atoms with Crippen LogP contribution in [0, 0.1) is 5.82 Å². The first-order valence-electron chi connectivity index (χ1n) is 18.1. The molecule has 2 saturated heterocycles. The van der Waals surface area contributed by atoms with Gasteiger partial charge >= 0.3 is 0 Å². The maximum absolute atomic E-state index is 15.4. The Hall–Kier alpha value is -5.35. The van der Waals surface area contributed by atoms with Gasteiger partial charge in [-0.3, -0.25) is 34.3 Å². The van der Waals surface area contributed by atoms with Gasteiger partial charge in [-0.05, 0) is 109 Å². The van der Waals surface area contributed by atoms with Gasteiger partial charge in [-0.2, -0.15) is 0 Å². The zero-order valence-electron chi connectivity index (χ0n) is 29.1. The van der Waals surface area contributed by atoms with E-state index in [1.807, 2.05) is 13.1 Å². The van der Waals surface area contributed by atoms with Gasteiger partial charge in [0.2, 0.25) is 11.8 Å². The SMILES string of the molecule is CN(Cc1cc(F)c2c(c1)C(=O)N(C1CCC(=O)NC1=O)C2=O)C1CCN(c2ccc([C@@H]3c4ccc(O)cc4CC[C@@H]3c3ccccc3)cc2)CC1. The fourth-order valence-electron chi connectivity index (χ4n) is 8.85. The Morgan fingerprint density at radius 1 is 0.827 bits per heavy atom. The van der Waals surface area contributed by atoms with Crippen LogP contribution in [0.2, 0.25) is 0 Å². The second-order valence-corrected chi connectivity index (χ2v) is 14.6. The minimum absolute atomic E-state index is 0.00386. The summed E-state index contributed by atoms with van der Waals surface area (Å²) in [5.41, 5.74) is 6.48. The lowest BCUT2D eigenvalue weighted by Crippen LogP contribution is -2.54. The number of nitrogens with one attached hydrogen (secondary N) is 1. The summed E-state index contributed by atoms with van der Waals surface area (Å²) in [6.45, 7) is 2.12. The van der Waals surface area contributed by atoms with Crippen molar-refractivity contribution in [3.8, 4) is 5.75 Å². The summed E-state index contributed by atoms with van der Waals surface area (Å²) < 4.78 is 15.4. The van der Waals surface area contributed by atoms with Gasteiger partial charge < -0.3 is 10.0 Å². The Kier molecular flexibility index (Phi) is 8.87. The largest absolute Gasteiger partial charge is 0.508 e. The van der Waals surface area contributed by atoms with Crippen LogP contribution >= 0.6 is 0 Å². The van der Waals surface area contributed by atoms with Crippen LogP contribution in [0.5, 0.6) is 5.75 Å². The van der Waals surface area contributed by atoms with E-state index in [2.05, 4.69) is 75.8 Å². The number of hydrogen-bond acceptors (Lipinski definition) is 7. The number of carbonyl (C=O) groups excluding carboxylic acids is 4. The van der Waals surface area contributed by atoms with Crippen LogP contribution in [0.3, 0.4) is 0 Å². The summed E-state index contributed by atoms with van der Waals surface area (Å²) in [7, 11) is 1.99. The molecule has 3 heterocycles. The Bertz CT molecular complexity index is 2060. The number of piperidine rings is 2. The molecule has 0 radical (unpaired) electrons. The molecule has 4 aliphatic rings. The molecule has 10 heteroatoms. The van der Waals surface area contributed by atoms with E-state index >= 15 is 4.39 Å². The quantitative estimate of drug-likeness (QED) is 0.231. The molecule has 0 saturated carbocycles. The first-order valence-corrected chi connectivity index (χ1v) is 18.1. The number of halogens is 1. The molecule has 266 valence electrons. The number of anilines is 1. The molecule has 1 unspecified atom stereocenters. The highest BCUT2D eigenvalue weighted by atomic mass is 19.1. The van der Waals surface area contributed by atoms with E-state index in [1.165, 1.54) is 34.0 Å². The van der Waals surface area contributed by atoms with Crippen LogP contribution in [0.1, 0.15) is 92.5 Å². The minimum Gasteiger partial charge on any atom is -0.508 e. The molecule has 0 aromatic heterocycles. The van der Waals surface area contributed by atoms with Crippen LogP contribution in [-0.2, 0) is 22.6 Å². The lowest BCUT2D eigenvalue weighted by atomic mass is 9.69. The van der Waals surface area contributed by atoms with E-state index in [9.17, 15) is 24.3 Å². The number of rotatable bonds is 7. The highest BCUT2D eigenvalue weighted by molar-refractivity contribution is 6.23. The summed E-state index contributed by atoms with van der Waals surface area (Å²) in [4.78, 5) is 55.8. The number of carbonyl (C=O) groups is 4. The standard InChI is InChI=1S/C42H41FN4O5/c1-45(24-25-21-34-39(35(43)22-25)42(52)47(41(34)51)36-15-16-37(49)44-40(36)50)29-17-19-46(20-18-29)30-10-7-27(8-11-30)38-32(26-5-3-2-4-6-26)13-9-28-23-31(48)12-14-33(28)38/h2-8,10-12,14,21-23,29,32,36,38,48H,9,13,15-20,24H2,1H3,(H,44,49,50)/t32-,36?,38+/m1/s1. The molecule has 0 spiro atoms. The highest BCUT2D eigenvalue weighted by Crippen LogP contribution is 2.47. The summed E-state index contributed by atoms with van der Waals surface area (Å²) in [6.07, 6.45) is 3.78. The van der Waals surface area contributed by atoms with Gasteiger partial charge in [-0.25, -0.2) is 4.39 Å². The Labute approximate surface area is 302 Å². The fraction of sp³-hybridized carbons (Fsp3) is 0.333. The van der Waals surface area contributed by atoms with Crippen molar-refractivity contribution >= 4 is 29.3 Å². The van der Waals surface area contributed by atoms with Crippen molar-refractivity contribution in [1.29, 1.82) is 0 Å². The number of hydrogen-bond donors (Lipinski definition) is 2. The molecule has 4 aromatic rings. The monoisotopic (exact) mass is 700 g/mol. The summed E-state index contributed by atoms with van der Waals surface area (Å²) in [5, 5.41) is 12.4. The molecule has 52 heavy (non-hydrogen) atoms. The number of amides is 4. The third-order valence-corrected chi connectivity index (χ3v) is 11.5. The number of nitrogens with zero attached hydrogens (tertiary/aromatic N) is 3. The van der Waals surface area contributed by atoms with Gasteiger partial charge in [0.1, 0.15) is 17.6 Å². The third-order valence-electron chi connectivity index (χ3n) is 11.5. The van der Waals surface area contributed by atoms with Crippen molar-refractivity contribution in [2.75, 3.05) is 25.0 Å². The number of benzene rings is 4. The third kappa shape index (κ3) is 6.15. The summed E-state index contributed by atoms with van der Waals surface area (Å²) >= 11 is 0. The molecule has 2 N–H and O–H groups in total. The summed E-state index contributed by atoms with van der Waals surface area (Å²) in [5.74, 6) is -2.66. The maximum Gasteiger partial charge on any atom is 0.265 e. The van der Waals surface area contributed by atoms with Gasteiger partial charge in [-0.15, -0.1) is 0 Å². The Morgan fingerprint density at radius 3 is 2.31 bits per heavy atom. The van der Waals surface area contributed by atoms with Crippen LogP contribution in [0.4, 0.5) is 10.1 Å². The maximum atomic E-state index is 15.4. The van der Waals surface area contributed by atoms with E-state index in [-0.39, 0.29) is 35.9 Å². The molecule has 1 aliphatic carbocycles. The van der Waals surface area contributed by atoms with Crippen molar-refractivity contribution in [3.63, 3.8) is 0 Å². The molecule has 4 amide bonds. The van der Waals surface area contributed by atoms with Crippen molar-refractivity contribution in [2.45, 2.75) is 69.0 Å². The zero-order valence-corrected chi connectivity index (χ0v) is 29.1. The van der Waals surface area contributed by atoms with Crippen molar-refractivity contribution < 1.29 is 28.7 Å². The first kappa shape index (κ1) is 33.8. The fourth-order valence-corrected chi connectivity index (χ4v) is 8.85. The van der Waals surface area contributed by atoms with E-state index in [0.717, 1.165) is 43.7 Å². The van der Waals surface area contributed by atoms with Gasteiger partial charge in [0.15, 0.2) is 0 Å². The minimum atomic E-state index is -1.14. The molecule has 8 rings (SSSR count). The molecule has 4 aromatic carbocycles. The van der Waals surface area contributed by atoms with Gasteiger partial charge in [0.25, 0.3) is 11.8 Å². The van der Waals surface area contributed by atoms with Crippen LogP contribution in [-0.4, -0.2) is 70.8 Å². The molecule has 3 atom stereocenters. The van der Waals surface area contributed by atoms with E-state index in [0.29, 0.717) is 23.8 Å². The first-order chi connectivity index (χ1) is 25.2. The molecule has 3 aliphatic heterocycles. The number of phenols is 1. The number of imide groups is 2. The highest BCUT2D eigenvalue weighted by Gasteiger charge is 2.46. The predicted molar refractivity (Wildman–Crippen MR) is 194 cm³/mol. The average molecular weight is 701 g/mol. The van der Waals surface area contributed by atoms with Crippen LogP contribution in [0.15, 0.2) is 84.9 Å². The van der Waals surface area contributed by atoms with Gasteiger partial charge in [0, 0.05) is 43.7 Å². The molecule has 2 fully saturated rings. The van der Waals surface area contributed by atoms with Crippen molar-refractivity contribution in [3.05, 3.63) is 130 Å². The second-order valence-electron chi connectivity index (χ2n) is 14.6. The normalized spacial score (nSPS) is 22.1. The molecular weight excluding hydrogens is 659 g/mol. The number of phenolic OH excluding ortho intramolecular Hbond substituents is 1. The van der Waals surface area contributed by atoms with Crippen LogP contribution < -0.4 is 10.2 Å². The lowest BCUT2D eigenvalue weighted by molar-refractivity contribution is -0.136. The number of aromatic hydroxyl groups is 1. The zero-order chi connectivity index (χ0) is 36.1. The van der Waals surface area contributed by atoms with Gasteiger partial charge in [-0.1, -0.05) is 48.5 Å². The predicted octanol–water partition coefficient (Wildman–Crippen LogP) is 5.90. The number of fused-ring (bicyclic) bond motifs is 2. The topological polar surface area (TPSA) is 110 Å². The Morgan fingerprint density at radius 2 is 1.58 bits per heavy atom. The van der Waals surface area contributed by atoms with E-state index in [1.54, 1.807) is 12.1 Å². The van der Waals surface area contributed by atoms with E-state index < -0.39 is 35.5 Å². The Balaban J connectivity index is 0.927.